The summed E-state index contributed by atoms with van der Waals surface area (Å²) in [5.41, 5.74) is 20.7. The van der Waals surface area contributed by atoms with Gasteiger partial charge >= 0.3 is 5.97 Å². The van der Waals surface area contributed by atoms with Crippen LogP contribution >= 0.6 is 0 Å². The van der Waals surface area contributed by atoms with Crippen molar-refractivity contribution < 1.29 is 43.8 Å². The molecular weight excluding hydrogens is 704 g/mol. The fraction of sp³-hybridized carbons (Fsp3) is 0.600. The largest absolute Gasteiger partial charge is 0.480 e. The smallest absolute Gasteiger partial charge is 0.326 e. The van der Waals surface area contributed by atoms with Crippen LogP contribution in [0.15, 0.2) is 35.3 Å². The van der Waals surface area contributed by atoms with E-state index in [1.165, 1.54) is 6.92 Å². The van der Waals surface area contributed by atoms with Gasteiger partial charge in [0, 0.05) is 13.0 Å². The van der Waals surface area contributed by atoms with Gasteiger partial charge in [0.2, 0.25) is 35.4 Å². The summed E-state index contributed by atoms with van der Waals surface area (Å²) < 4.78 is 0. The molecule has 6 amide bonds. The van der Waals surface area contributed by atoms with Crippen molar-refractivity contribution in [3.63, 3.8) is 0 Å². The van der Waals surface area contributed by atoms with E-state index in [1.807, 2.05) is 13.8 Å². The minimum absolute atomic E-state index is 0.00672. The number of hydrogen-bond donors (Lipinski definition) is 11. The second kappa shape index (κ2) is 22.7. The normalized spacial score (nSPS) is 15.0. The highest BCUT2D eigenvalue weighted by Gasteiger charge is 2.39. The summed E-state index contributed by atoms with van der Waals surface area (Å²) >= 11 is 0. The van der Waals surface area contributed by atoms with Gasteiger partial charge in [-0.25, -0.2) is 4.79 Å². The van der Waals surface area contributed by atoms with Gasteiger partial charge in [-0.1, -0.05) is 58.0 Å². The maximum atomic E-state index is 14.0. The van der Waals surface area contributed by atoms with Crippen LogP contribution in [0.25, 0.3) is 0 Å². The highest BCUT2D eigenvalue weighted by atomic mass is 16.4. The first kappa shape index (κ1) is 46.7. The van der Waals surface area contributed by atoms with E-state index in [1.54, 1.807) is 44.2 Å². The van der Waals surface area contributed by atoms with Crippen molar-refractivity contribution in [2.24, 2.45) is 39.8 Å². The number of rotatable bonds is 24. The number of carbonyl (C=O) groups excluding carboxylic acids is 6. The lowest BCUT2D eigenvalue weighted by molar-refractivity contribution is -0.143. The van der Waals surface area contributed by atoms with Crippen LogP contribution in [0, 0.1) is 11.8 Å². The van der Waals surface area contributed by atoms with Crippen molar-refractivity contribution in [3.8, 4) is 0 Å². The zero-order valence-corrected chi connectivity index (χ0v) is 31.6. The highest BCUT2D eigenvalue weighted by molar-refractivity contribution is 5.98. The predicted octanol–water partition coefficient (Wildman–Crippen LogP) is -2.53. The third-order valence-electron chi connectivity index (χ3n) is 8.10. The number of aliphatic imine (C=N–C) groups is 1. The van der Waals surface area contributed by atoms with E-state index in [-0.39, 0.29) is 56.4 Å². The summed E-state index contributed by atoms with van der Waals surface area (Å²) in [5, 5.41) is 31.8. The number of nitrogens with one attached hydrogen (secondary N) is 5. The Hall–Kier alpha value is -5.30. The quantitative estimate of drug-likeness (QED) is 0.0295. The number of aliphatic hydroxyl groups is 1. The summed E-state index contributed by atoms with van der Waals surface area (Å²) in [6.45, 7) is 8.12. The summed E-state index contributed by atoms with van der Waals surface area (Å²) in [7, 11) is 0. The maximum absolute atomic E-state index is 14.0. The summed E-state index contributed by atoms with van der Waals surface area (Å²) in [4.78, 5) is 94.7. The molecule has 19 heteroatoms. The number of aliphatic hydroxyl groups excluding tert-OH is 1. The Kier molecular flexibility index (Phi) is 19.6. The van der Waals surface area contributed by atoms with Gasteiger partial charge in [-0.15, -0.1) is 0 Å². The van der Waals surface area contributed by atoms with Gasteiger partial charge in [-0.3, -0.25) is 33.8 Å². The molecule has 0 aliphatic heterocycles. The van der Waals surface area contributed by atoms with Gasteiger partial charge in [0.05, 0.1) is 13.0 Å². The Morgan fingerprint density at radius 1 is 0.759 bits per heavy atom. The van der Waals surface area contributed by atoms with Crippen molar-refractivity contribution in [1.82, 2.24) is 26.6 Å². The first-order valence-corrected chi connectivity index (χ1v) is 17.7. The molecule has 0 spiro atoms. The van der Waals surface area contributed by atoms with Crippen LogP contribution < -0.4 is 49.5 Å². The van der Waals surface area contributed by atoms with E-state index >= 15 is 0 Å². The van der Waals surface area contributed by atoms with Crippen molar-refractivity contribution in [2.45, 2.75) is 109 Å². The number of carboxylic acids is 1. The zero-order valence-electron chi connectivity index (χ0n) is 31.6. The minimum Gasteiger partial charge on any atom is -0.480 e. The molecule has 0 bridgehead atoms. The number of carbonyl (C=O) groups is 7. The first-order chi connectivity index (χ1) is 25.2. The lowest BCUT2D eigenvalue weighted by atomic mass is 9.90. The molecule has 302 valence electrons. The molecule has 0 saturated carbocycles. The minimum atomic E-state index is -1.67. The van der Waals surface area contributed by atoms with E-state index in [0.29, 0.717) is 5.56 Å². The molecule has 0 radical (unpaired) electrons. The maximum Gasteiger partial charge on any atom is 0.326 e. The van der Waals surface area contributed by atoms with Crippen molar-refractivity contribution in [1.29, 1.82) is 0 Å². The van der Waals surface area contributed by atoms with Crippen LogP contribution in [-0.4, -0.2) is 106 Å². The van der Waals surface area contributed by atoms with Crippen LogP contribution in [0.5, 0.6) is 0 Å². The third-order valence-corrected chi connectivity index (χ3v) is 8.10. The molecule has 6 atom stereocenters. The lowest BCUT2D eigenvalue weighted by Crippen LogP contribution is -2.64. The number of guanidine groups is 1. The van der Waals surface area contributed by atoms with Gasteiger partial charge in [0.15, 0.2) is 5.96 Å². The Morgan fingerprint density at radius 2 is 1.26 bits per heavy atom. The predicted molar refractivity (Wildman–Crippen MR) is 200 cm³/mol. The molecule has 0 aliphatic carbocycles. The first-order valence-electron chi connectivity index (χ1n) is 17.7. The molecule has 0 saturated heterocycles. The van der Waals surface area contributed by atoms with Gasteiger partial charge in [-0.05, 0) is 50.0 Å². The number of aliphatic carboxylic acids is 1. The molecule has 0 fully saturated rings. The SMILES string of the molecule is CC(C)C[C@H](NC(=O)[C@H](CC(C)C)NC(=O)[C@](C)(Cc1ccccc1)NC(=O)[C@@H](N)CO)C(=O)N[C@@H](CCCN=C(N)N)C(=O)N[C@@H](CC(N)=O)C(=O)O. The van der Waals surface area contributed by atoms with Gasteiger partial charge < -0.3 is 59.7 Å². The second-order valence-corrected chi connectivity index (χ2v) is 14.2. The molecule has 0 aromatic heterocycles. The molecule has 0 unspecified atom stereocenters. The van der Waals surface area contributed by atoms with Gasteiger partial charge in [0.1, 0.15) is 35.7 Å². The number of hydrogen-bond acceptors (Lipinski definition) is 10. The number of primary amides is 1. The summed E-state index contributed by atoms with van der Waals surface area (Å²) in [6, 6.07) is 2.07. The Balaban J connectivity index is 3.40. The number of carboxylic acid groups (broad SMARTS) is 1. The van der Waals surface area contributed by atoms with Crippen LogP contribution in [0.1, 0.15) is 72.3 Å². The Labute approximate surface area is 315 Å². The van der Waals surface area contributed by atoms with E-state index < -0.39 is 90.2 Å². The molecule has 54 heavy (non-hydrogen) atoms. The van der Waals surface area contributed by atoms with Gasteiger partial charge in [-0.2, -0.15) is 0 Å². The number of amides is 6. The standard InChI is InChI=1S/C35H58N10O9/c1-19(2)14-24(30(50)41-23(12-9-13-40-34(38)39)29(49)43-26(32(52)53)16-27(37)47)42-31(51)25(15-20(3)4)44-33(54)35(5,45-28(48)22(36)18-46)17-21-10-7-6-8-11-21/h6-8,10-11,19-20,22-26,46H,9,12-18,36H2,1-5H3,(H2,37,47)(H,41,50)(H,42,51)(H,43,49)(H,44,54)(H,45,48)(H,52,53)(H4,38,39,40)/t22-,23-,24-,25-,26-,35-/m0/s1. The van der Waals surface area contributed by atoms with Gasteiger partial charge in [0.25, 0.3) is 0 Å². The molecular formula is C35H58N10O9. The summed E-state index contributed by atoms with van der Waals surface area (Å²) in [5.74, 6) is -6.93. The molecule has 1 aromatic rings. The average Bonchev–Trinajstić information content (AvgIpc) is 3.07. The van der Waals surface area contributed by atoms with Crippen molar-refractivity contribution >= 4 is 47.4 Å². The van der Waals surface area contributed by atoms with Crippen LogP contribution in [0.4, 0.5) is 0 Å². The lowest BCUT2D eigenvalue weighted by Gasteiger charge is -2.33. The number of benzene rings is 1. The zero-order chi connectivity index (χ0) is 41.2. The van der Waals surface area contributed by atoms with E-state index in [9.17, 15) is 43.8 Å². The number of nitrogens with two attached hydrogens (primary N) is 4. The average molecular weight is 763 g/mol. The topological polar surface area (TPSA) is 337 Å². The van der Waals surface area contributed by atoms with E-state index in [4.69, 9.17) is 22.9 Å². The van der Waals surface area contributed by atoms with E-state index in [0.717, 1.165) is 0 Å². The monoisotopic (exact) mass is 762 g/mol. The van der Waals surface area contributed by atoms with Crippen molar-refractivity contribution in [2.75, 3.05) is 13.2 Å². The highest BCUT2D eigenvalue weighted by Crippen LogP contribution is 2.17. The Morgan fingerprint density at radius 3 is 1.74 bits per heavy atom. The van der Waals surface area contributed by atoms with Crippen molar-refractivity contribution in [3.05, 3.63) is 35.9 Å². The molecule has 1 rings (SSSR count). The molecule has 19 nitrogen and oxygen atoms in total. The molecule has 0 aliphatic rings. The fourth-order valence-corrected chi connectivity index (χ4v) is 5.35. The summed E-state index contributed by atoms with van der Waals surface area (Å²) in [6.07, 6.45) is -0.347. The number of nitrogens with zero attached hydrogens (tertiary/aromatic N) is 1. The second-order valence-electron chi connectivity index (χ2n) is 14.2. The van der Waals surface area contributed by atoms with Crippen LogP contribution in [-0.2, 0) is 40.0 Å². The fourth-order valence-electron chi connectivity index (χ4n) is 5.35. The van der Waals surface area contributed by atoms with E-state index in [2.05, 4.69) is 31.6 Å². The molecule has 0 heterocycles. The molecule has 15 N–H and O–H groups in total. The Bertz CT molecular complexity index is 1470. The third kappa shape index (κ3) is 17.0. The van der Waals surface area contributed by atoms with Crippen LogP contribution in [0.3, 0.4) is 0 Å². The van der Waals surface area contributed by atoms with Crippen LogP contribution in [0.2, 0.25) is 0 Å². The molecule has 1 aromatic carbocycles.